The number of rotatable bonds is 2. The van der Waals surface area contributed by atoms with Crippen molar-refractivity contribution >= 4 is 5.69 Å². The Morgan fingerprint density at radius 3 is 3.06 bits per heavy atom. The zero-order valence-corrected chi connectivity index (χ0v) is 9.69. The fraction of sp³-hybridized carbons (Fsp3) is 0.538. The number of nitriles is 1. The van der Waals surface area contributed by atoms with Crippen LogP contribution in [0.2, 0.25) is 0 Å². The summed E-state index contributed by atoms with van der Waals surface area (Å²) < 4.78 is 0. The van der Waals surface area contributed by atoms with Crippen molar-refractivity contribution in [2.45, 2.75) is 26.2 Å². The number of anilines is 1. The van der Waals surface area contributed by atoms with E-state index in [0.717, 1.165) is 24.7 Å². The second-order valence-electron chi connectivity index (χ2n) is 4.38. The first kappa shape index (κ1) is 10.9. The molecule has 0 aromatic carbocycles. The van der Waals surface area contributed by atoms with Crippen LogP contribution in [0.5, 0.6) is 0 Å². The maximum Gasteiger partial charge on any atom is 0.140 e. The third kappa shape index (κ3) is 2.33. The van der Waals surface area contributed by atoms with E-state index >= 15 is 0 Å². The molecule has 1 fully saturated rings. The largest absolute Gasteiger partial charge is 0.370 e. The number of hydrogen-bond acceptors (Lipinski definition) is 3. The Balaban J connectivity index is 2.08. The molecule has 1 saturated heterocycles. The minimum Gasteiger partial charge on any atom is -0.370 e. The van der Waals surface area contributed by atoms with Crippen molar-refractivity contribution in [1.29, 1.82) is 5.26 Å². The predicted molar refractivity (Wildman–Crippen MR) is 64.2 cm³/mol. The highest BCUT2D eigenvalue weighted by Gasteiger charge is 2.18. The van der Waals surface area contributed by atoms with Gasteiger partial charge >= 0.3 is 0 Å². The molecule has 0 amide bonds. The first-order valence-electron chi connectivity index (χ1n) is 5.94. The topological polar surface area (TPSA) is 39.9 Å². The van der Waals surface area contributed by atoms with Crippen LogP contribution in [0.4, 0.5) is 5.69 Å². The zero-order chi connectivity index (χ0) is 11.4. The van der Waals surface area contributed by atoms with E-state index in [1.165, 1.54) is 19.3 Å². The average molecular weight is 215 g/mol. The van der Waals surface area contributed by atoms with Crippen LogP contribution in [0.1, 0.15) is 31.9 Å². The Morgan fingerprint density at radius 2 is 2.44 bits per heavy atom. The highest BCUT2D eigenvalue weighted by atomic mass is 15.1. The lowest BCUT2D eigenvalue weighted by atomic mass is 9.95. The first-order chi connectivity index (χ1) is 7.83. The van der Waals surface area contributed by atoms with Gasteiger partial charge in [-0.2, -0.15) is 5.26 Å². The van der Waals surface area contributed by atoms with Gasteiger partial charge in [-0.05, 0) is 30.9 Å². The van der Waals surface area contributed by atoms with Gasteiger partial charge in [-0.15, -0.1) is 0 Å². The summed E-state index contributed by atoms with van der Waals surface area (Å²) >= 11 is 0. The van der Waals surface area contributed by atoms with Gasteiger partial charge in [0, 0.05) is 13.1 Å². The summed E-state index contributed by atoms with van der Waals surface area (Å²) in [6.07, 6.45) is 5.67. The number of pyridine rings is 1. The van der Waals surface area contributed by atoms with E-state index in [-0.39, 0.29) is 0 Å². The summed E-state index contributed by atoms with van der Waals surface area (Å²) in [4.78, 5) is 6.50. The van der Waals surface area contributed by atoms with Crippen LogP contribution in [-0.4, -0.2) is 18.1 Å². The smallest absolute Gasteiger partial charge is 0.140 e. The summed E-state index contributed by atoms with van der Waals surface area (Å²) in [7, 11) is 0. The van der Waals surface area contributed by atoms with E-state index in [1.807, 2.05) is 18.3 Å². The van der Waals surface area contributed by atoms with E-state index in [4.69, 9.17) is 5.26 Å². The highest BCUT2D eigenvalue weighted by molar-refractivity contribution is 5.46. The normalized spacial score (nSPS) is 20.5. The molecule has 0 radical (unpaired) electrons. The fourth-order valence-corrected chi connectivity index (χ4v) is 2.27. The van der Waals surface area contributed by atoms with Crippen molar-refractivity contribution in [1.82, 2.24) is 4.98 Å². The van der Waals surface area contributed by atoms with Gasteiger partial charge in [0.2, 0.25) is 0 Å². The minimum atomic E-state index is 0.493. The number of nitrogens with zero attached hydrogens (tertiary/aromatic N) is 3. The van der Waals surface area contributed by atoms with Crippen LogP contribution >= 0.6 is 0 Å². The Hall–Kier alpha value is -1.56. The summed E-state index contributed by atoms with van der Waals surface area (Å²) in [6, 6.07) is 5.85. The number of aromatic nitrogens is 1. The van der Waals surface area contributed by atoms with Gasteiger partial charge in [-0.3, -0.25) is 0 Å². The van der Waals surface area contributed by atoms with Crippen molar-refractivity contribution in [3.8, 4) is 6.07 Å². The van der Waals surface area contributed by atoms with Crippen molar-refractivity contribution in [2.24, 2.45) is 5.92 Å². The van der Waals surface area contributed by atoms with Gasteiger partial charge in [0.25, 0.3) is 0 Å². The Morgan fingerprint density at radius 1 is 1.56 bits per heavy atom. The molecule has 1 atom stereocenters. The molecule has 1 unspecified atom stereocenters. The van der Waals surface area contributed by atoms with Crippen molar-refractivity contribution in [3.05, 3.63) is 24.0 Å². The molecule has 0 bridgehead atoms. The molecule has 1 aliphatic rings. The summed E-state index contributed by atoms with van der Waals surface area (Å²) in [5, 5.41) is 8.69. The molecule has 3 nitrogen and oxygen atoms in total. The average Bonchev–Trinajstić information content (AvgIpc) is 2.39. The molecule has 1 aliphatic heterocycles. The van der Waals surface area contributed by atoms with E-state index in [1.54, 1.807) is 6.07 Å². The molecular formula is C13H17N3. The molecule has 1 aromatic rings. The predicted octanol–water partition coefficient (Wildman–Crippen LogP) is 2.58. The molecule has 3 heteroatoms. The van der Waals surface area contributed by atoms with E-state index in [2.05, 4.69) is 16.8 Å². The second kappa shape index (κ2) is 4.98. The number of hydrogen-bond donors (Lipinski definition) is 0. The maximum atomic E-state index is 8.69. The third-order valence-corrected chi connectivity index (χ3v) is 3.32. The third-order valence-electron chi connectivity index (χ3n) is 3.32. The molecule has 0 N–H and O–H groups in total. The first-order valence-corrected chi connectivity index (χ1v) is 5.94. The highest BCUT2D eigenvalue weighted by Crippen LogP contribution is 2.24. The lowest BCUT2D eigenvalue weighted by Gasteiger charge is -2.33. The van der Waals surface area contributed by atoms with Crippen LogP contribution in [0.3, 0.4) is 0 Å². The minimum absolute atomic E-state index is 0.493. The Labute approximate surface area is 96.7 Å². The molecule has 2 heterocycles. The van der Waals surface area contributed by atoms with Crippen molar-refractivity contribution < 1.29 is 0 Å². The summed E-state index contributed by atoms with van der Waals surface area (Å²) in [6.45, 7) is 4.50. The van der Waals surface area contributed by atoms with Crippen LogP contribution in [0.25, 0.3) is 0 Å². The van der Waals surface area contributed by atoms with Crippen LogP contribution in [0.15, 0.2) is 18.3 Å². The van der Waals surface area contributed by atoms with Gasteiger partial charge in [0.15, 0.2) is 0 Å². The molecule has 84 valence electrons. The molecular weight excluding hydrogens is 198 g/mol. The van der Waals surface area contributed by atoms with Gasteiger partial charge < -0.3 is 4.90 Å². The van der Waals surface area contributed by atoms with E-state index in [0.29, 0.717) is 5.69 Å². The van der Waals surface area contributed by atoms with E-state index < -0.39 is 0 Å². The maximum absolute atomic E-state index is 8.69. The molecule has 16 heavy (non-hydrogen) atoms. The van der Waals surface area contributed by atoms with Crippen LogP contribution < -0.4 is 4.90 Å². The molecule has 2 rings (SSSR count). The van der Waals surface area contributed by atoms with Gasteiger partial charge in [0.05, 0.1) is 11.9 Å². The monoisotopic (exact) mass is 215 g/mol. The van der Waals surface area contributed by atoms with Crippen LogP contribution in [-0.2, 0) is 0 Å². The van der Waals surface area contributed by atoms with Crippen molar-refractivity contribution in [3.63, 3.8) is 0 Å². The standard InChI is InChI=1S/C13H17N3/c1-2-11-4-3-7-16(10-11)13-6-5-12(8-14)15-9-13/h5-6,9,11H,2-4,7,10H2,1H3. The quantitative estimate of drug-likeness (QED) is 0.761. The van der Waals surface area contributed by atoms with Crippen LogP contribution in [0, 0.1) is 17.2 Å². The zero-order valence-electron chi connectivity index (χ0n) is 9.69. The molecule has 0 spiro atoms. The van der Waals surface area contributed by atoms with Gasteiger partial charge in [-0.1, -0.05) is 13.3 Å². The SMILES string of the molecule is CCC1CCCN(c2ccc(C#N)nc2)C1. The Kier molecular flexibility index (Phi) is 3.40. The van der Waals surface area contributed by atoms with Gasteiger partial charge in [-0.25, -0.2) is 4.98 Å². The second-order valence-corrected chi connectivity index (χ2v) is 4.38. The Bertz CT molecular complexity index is 377. The molecule has 0 aliphatic carbocycles. The lowest BCUT2D eigenvalue weighted by molar-refractivity contribution is 0.404. The van der Waals surface area contributed by atoms with E-state index in [9.17, 15) is 0 Å². The lowest BCUT2D eigenvalue weighted by Crippen LogP contribution is -2.35. The fourth-order valence-electron chi connectivity index (χ4n) is 2.27. The summed E-state index contributed by atoms with van der Waals surface area (Å²) in [5.41, 5.74) is 1.64. The number of piperidine rings is 1. The molecule has 0 saturated carbocycles. The van der Waals surface area contributed by atoms with Crippen molar-refractivity contribution in [2.75, 3.05) is 18.0 Å². The van der Waals surface area contributed by atoms with Gasteiger partial charge in [0.1, 0.15) is 11.8 Å². The molecule has 1 aromatic heterocycles. The summed E-state index contributed by atoms with van der Waals surface area (Å²) in [5.74, 6) is 0.810.